The van der Waals surface area contributed by atoms with Crippen molar-refractivity contribution in [3.63, 3.8) is 0 Å². The second kappa shape index (κ2) is 9.83. The van der Waals surface area contributed by atoms with Gasteiger partial charge in [-0.2, -0.15) is 5.26 Å². The molecule has 4 aromatic rings. The molecule has 2 N–H and O–H groups in total. The first-order valence-electron chi connectivity index (χ1n) is 10.3. The van der Waals surface area contributed by atoms with Crippen LogP contribution in [0.15, 0.2) is 47.2 Å². The van der Waals surface area contributed by atoms with Crippen molar-refractivity contribution in [3.05, 3.63) is 77.3 Å². The van der Waals surface area contributed by atoms with E-state index in [4.69, 9.17) is 9.68 Å². The number of oxazole rings is 1. The number of carbonyl (C=O) groups excluding carboxylic acids is 1. The minimum absolute atomic E-state index is 0.0205. The maximum atomic E-state index is 13.6. The van der Waals surface area contributed by atoms with Crippen LogP contribution in [0.3, 0.4) is 0 Å². The molecule has 0 bridgehead atoms. The first-order valence-corrected chi connectivity index (χ1v) is 10.3. The number of fused-ring (bicyclic) bond motifs is 1. The quantitative estimate of drug-likeness (QED) is 0.388. The van der Waals surface area contributed by atoms with Crippen LogP contribution in [0.4, 0.5) is 4.39 Å². The van der Waals surface area contributed by atoms with Gasteiger partial charge >= 0.3 is 0 Å². The van der Waals surface area contributed by atoms with Gasteiger partial charge < -0.3 is 14.7 Å². The molecular weight excluding hydrogens is 411 g/mol. The Morgan fingerprint density at radius 3 is 2.91 bits per heavy atom. The maximum Gasteiger partial charge on any atom is 0.273 e. The molecule has 3 aromatic heterocycles. The van der Waals surface area contributed by atoms with Crippen molar-refractivity contribution in [2.45, 2.75) is 38.6 Å². The third-order valence-electron chi connectivity index (χ3n) is 5.00. The third kappa shape index (κ3) is 5.16. The molecular formula is C23H21FN6O2. The van der Waals surface area contributed by atoms with E-state index in [0.717, 1.165) is 42.5 Å². The number of nitrogens with one attached hydrogen (secondary N) is 2. The summed E-state index contributed by atoms with van der Waals surface area (Å²) >= 11 is 0. The fourth-order valence-electron chi connectivity index (χ4n) is 3.33. The SMILES string of the molecule is N#Cc1ccc2nc(CCCCCc3nc(C(=O)NCc4ncccc4F)co3)[nH]c2c1. The highest BCUT2D eigenvalue weighted by atomic mass is 19.1. The summed E-state index contributed by atoms with van der Waals surface area (Å²) in [5, 5.41) is 11.6. The van der Waals surface area contributed by atoms with Crippen LogP contribution in [0, 0.1) is 17.1 Å². The highest BCUT2D eigenvalue weighted by molar-refractivity contribution is 5.91. The Kier molecular flexibility index (Phi) is 6.51. The molecule has 0 aliphatic heterocycles. The zero-order chi connectivity index (χ0) is 22.3. The highest BCUT2D eigenvalue weighted by Gasteiger charge is 2.13. The first-order chi connectivity index (χ1) is 15.6. The molecule has 0 radical (unpaired) electrons. The van der Waals surface area contributed by atoms with Crippen molar-refractivity contribution in [3.8, 4) is 6.07 Å². The number of aromatic amines is 1. The molecule has 32 heavy (non-hydrogen) atoms. The van der Waals surface area contributed by atoms with Gasteiger partial charge in [0.2, 0.25) is 0 Å². The lowest BCUT2D eigenvalue weighted by atomic mass is 10.1. The molecule has 162 valence electrons. The monoisotopic (exact) mass is 432 g/mol. The number of imidazole rings is 1. The molecule has 0 saturated carbocycles. The lowest BCUT2D eigenvalue weighted by molar-refractivity contribution is 0.0945. The summed E-state index contributed by atoms with van der Waals surface area (Å²) in [7, 11) is 0. The van der Waals surface area contributed by atoms with E-state index < -0.39 is 11.7 Å². The zero-order valence-electron chi connectivity index (χ0n) is 17.3. The van der Waals surface area contributed by atoms with Gasteiger partial charge in [0, 0.05) is 19.0 Å². The zero-order valence-corrected chi connectivity index (χ0v) is 17.3. The molecule has 0 unspecified atom stereocenters. The number of hydrogen-bond acceptors (Lipinski definition) is 6. The molecule has 0 aliphatic carbocycles. The molecule has 1 aromatic carbocycles. The van der Waals surface area contributed by atoms with Crippen LogP contribution in [-0.2, 0) is 19.4 Å². The Balaban J connectivity index is 1.19. The van der Waals surface area contributed by atoms with Gasteiger partial charge in [-0.05, 0) is 43.2 Å². The Morgan fingerprint density at radius 1 is 1.19 bits per heavy atom. The van der Waals surface area contributed by atoms with E-state index >= 15 is 0 Å². The van der Waals surface area contributed by atoms with Crippen molar-refractivity contribution in [1.29, 1.82) is 5.26 Å². The van der Waals surface area contributed by atoms with Crippen LogP contribution in [0.5, 0.6) is 0 Å². The largest absolute Gasteiger partial charge is 0.448 e. The number of pyridine rings is 1. The fourth-order valence-corrected chi connectivity index (χ4v) is 3.33. The van der Waals surface area contributed by atoms with Crippen molar-refractivity contribution < 1.29 is 13.6 Å². The molecule has 0 saturated heterocycles. The summed E-state index contributed by atoms with van der Waals surface area (Å²) in [5.41, 5.74) is 2.66. The number of amides is 1. The van der Waals surface area contributed by atoms with Crippen LogP contribution in [0.25, 0.3) is 11.0 Å². The molecule has 0 aliphatic rings. The molecule has 0 atom stereocenters. The van der Waals surface area contributed by atoms with Gasteiger partial charge in [-0.25, -0.2) is 14.4 Å². The Hall–Kier alpha value is -4.06. The van der Waals surface area contributed by atoms with Crippen molar-refractivity contribution in [2.75, 3.05) is 0 Å². The normalized spacial score (nSPS) is 10.9. The summed E-state index contributed by atoms with van der Waals surface area (Å²) in [6.45, 7) is -0.0205. The minimum atomic E-state index is -0.469. The third-order valence-corrected chi connectivity index (χ3v) is 5.00. The number of H-pyrrole nitrogens is 1. The van der Waals surface area contributed by atoms with Gasteiger partial charge in [0.25, 0.3) is 5.91 Å². The van der Waals surface area contributed by atoms with E-state index in [2.05, 4.69) is 31.3 Å². The average molecular weight is 432 g/mol. The molecule has 4 rings (SSSR count). The topological polar surface area (TPSA) is 120 Å². The molecule has 3 heterocycles. The Labute approximate surface area is 183 Å². The van der Waals surface area contributed by atoms with E-state index in [1.165, 1.54) is 24.6 Å². The van der Waals surface area contributed by atoms with Crippen molar-refractivity contribution >= 4 is 16.9 Å². The van der Waals surface area contributed by atoms with Crippen LogP contribution in [-0.4, -0.2) is 25.8 Å². The average Bonchev–Trinajstić information content (AvgIpc) is 3.44. The van der Waals surface area contributed by atoms with E-state index in [1.54, 1.807) is 12.1 Å². The molecule has 0 fully saturated rings. The van der Waals surface area contributed by atoms with Crippen LogP contribution in [0.2, 0.25) is 0 Å². The Bertz CT molecular complexity index is 1270. The molecule has 0 spiro atoms. The highest BCUT2D eigenvalue weighted by Crippen LogP contribution is 2.15. The number of carbonyl (C=O) groups is 1. The van der Waals surface area contributed by atoms with Crippen LogP contribution >= 0.6 is 0 Å². The number of nitrogens with zero attached hydrogens (tertiary/aromatic N) is 4. The fraction of sp³-hybridized carbons (Fsp3) is 0.261. The lowest BCUT2D eigenvalue weighted by Crippen LogP contribution is -2.24. The standard InChI is InChI=1S/C23H21FN6O2/c24-16-5-4-10-26-19(16)13-27-23(31)20-14-32-22(30-20)7-3-1-2-6-21-28-17-9-8-15(12-25)11-18(17)29-21/h4-5,8-11,14H,1-3,6-7,13H2,(H,27,31)(H,28,29). The number of hydrogen-bond donors (Lipinski definition) is 2. The first kappa shape index (κ1) is 21.2. The van der Waals surface area contributed by atoms with Crippen molar-refractivity contribution in [1.82, 2.24) is 25.3 Å². The van der Waals surface area contributed by atoms with E-state index in [0.29, 0.717) is 17.9 Å². The second-order valence-corrected chi connectivity index (χ2v) is 7.33. The summed E-state index contributed by atoms with van der Waals surface area (Å²) in [4.78, 5) is 28.1. The lowest BCUT2D eigenvalue weighted by Gasteiger charge is -2.03. The number of halogens is 1. The number of unbranched alkanes of at least 4 members (excludes halogenated alkanes) is 2. The van der Waals surface area contributed by atoms with Crippen LogP contribution in [0.1, 0.15) is 52.7 Å². The summed E-state index contributed by atoms with van der Waals surface area (Å²) in [6.07, 6.45) is 6.95. The maximum absolute atomic E-state index is 13.6. The predicted octanol–water partition coefficient (Wildman–Crippen LogP) is 3.84. The van der Waals surface area contributed by atoms with E-state index in [9.17, 15) is 9.18 Å². The van der Waals surface area contributed by atoms with Gasteiger partial charge in [-0.3, -0.25) is 9.78 Å². The number of benzene rings is 1. The Morgan fingerprint density at radius 2 is 2.06 bits per heavy atom. The predicted molar refractivity (Wildman–Crippen MR) is 114 cm³/mol. The number of rotatable bonds is 9. The number of aromatic nitrogens is 4. The molecule has 1 amide bonds. The van der Waals surface area contributed by atoms with Crippen molar-refractivity contribution in [2.24, 2.45) is 0 Å². The van der Waals surface area contributed by atoms with Gasteiger partial charge in [0.05, 0.1) is 34.9 Å². The van der Waals surface area contributed by atoms with E-state index in [1.807, 2.05) is 6.07 Å². The molecule has 8 nitrogen and oxygen atoms in total. The summed E-state index contributed by atoms with van der Waals surface area (Å²) in [6, 6.07) is 10.3. The smallest absolute Gasteiger partial charge is 0.273 e. The van der Waals surface area contributed by atoms with E-state index in [-0.39, 0.29) is 17.9 Å². The van der Waals surface area contributed by atoms with Gasteiger partial charge in [0.15, 0.2) is 11.6 Å². The van der Waals surface area contributed by atoms with Gasteiger partial charge in [-0.15, -0.1) is 0 Å². The minimum Gasteiger partial charge on any atom is -0.448 e. The summed E-state index contributed by atoms with van der Waals surface area (Å²) < 4.78 is 19.0. The number of aryl methyl sites for hydroxylation is 2. The van der Waals surface area contributed by atoms with Crippen LogP contribution < -0.4 is 5.32 Å². The second-order valence-electron chi connectivity index (χ2n) is 7.33. The summed E-state index contributed by atoms with van der Waals surface area (Å²) in [5.74, 6) is 0.485. The van der Waals surface area contributed by atoms with Gasteiger partial charge in [0.1, 0.15) is 17.9 Å². The number of nitriles is 1. The van der Waals surface area contributed by atoms with Gasteiger partial charge in [-0.1, -0.05) is 6.42 Å². The molecule has 9 heteroatoms.